The minimum atomic E-state index is -4.76. The van der Waals surface area contributed by atoms with Gasteiger partial charge in [0, 0.05) is 17.0 Å². The first-order chi connectivity index (χ1) is 12.2. The largest absolute Gasteiger partial charge is 0.416 e. The van der Waals surface area contributed by atoms with E-state index >= 15 is 0 Å². The first-order valence-corrected chi connectivity index (χ1v) is 8.24. The predicted molar refractivity (Wildman–Crippen MR) is 83.4 cm³/mol. The maximum Gasteiger partial charge on any atom is 0.416 e. The van der Waals surface area contributed by atoms with Crippen LogP contribution in [0.4, 0.5) is 17.6 Å². The molecule has 26 heavy (non-hydrogen) atoms. The van der Waals surface area contributed by atoms with Crippen LogP contribution in [0.3, 0.4) is 0 Å². The third kappa shape index (κ3) is 3.56. The van der Waals surface area contributed by atoms with Gasteiger partial charge in [0.15, 0.2) is 0 Å². The zero-order chi connectivity index (χ0) is 19.1. The number of amides is 2. The third-order valence-electron chi connectivity index (χ3n) is 3.97. The first-order valence-electron chi connectivity index (χ1n) is 7.42. The highest BCUT2D eigenvalue weighted by Crippen LogP contribution is 2.32. The minimum absolute atomic E-state index is 0.0927. The van der Waals surface area contributed by atoms with Crippen molar-refractivity contribution in [1.29, 1.82) is 0 Å². The number of fused-ring (bicyclic) bond motifs is 1. The highest BCUT2D eigenvalue weighted by molar-refractivity contribution is 7.14. The highest BCUT2D eigenvalue weighted by Gasteiger charge is 2.33. The monoisotopic (exact) mass is 388 g/mol. The molecule has 5 nitrogen and oxygen atoms in total. The number of rotatable bonds is 2. The number of nitrogens with one attached hydrogen (secondary N) is 1. The van der Waals surface area contributed by atoms with Crippen LogP contribution in [-0.4, -0.2) is 28.5 Å². The minimum Gasteiger partial charge on any atom is -0.333 e. The van der Waals surface area contributed by atoms with E-state index in [9.17, 15) is 27.2 Å². The van der Waals surface area contributed by atoms with E-state index in [0.29, 0.717) is 23.4 Å². The zero-order valence-corrected chi connectivity index (χ0v) is 13.9. The molecule has 2 N–H and O–H groups in total. The van der Waals surface area contributed by atoms with Crippen LogP contribution in [0.2, 0.25) is 0 Å². The van der Waals surface area contributed by atoms with Crippen molar-refractivity contribution in [2.24, 2.45) is 0 Å². The molecule has 10 heteroatoms. The second-order valence-corrected chi connectivity index (χ2v) is 6.84. The van der Waals surface area contributed by atoms with Crippen molar-refractivity contribution >= 4 is 23.2 Å². The van der Waals surface area contributed by atoms with Crippen LogP contribution < -0.4 is 5.48 Å². The lowest BCUT2D eigenvalue weighted by atomic mass is 10.1. The molecule has 2 amide bonds. The van der Waals surface area contributed by atoms with E-state index in [1.54, 1.807) is 6.07 Å². The summed E-state index contributed by atoms with van der Waals surface area (Å²) in [5.41, 5.74) is 0.737. The maximum atomic E-state index is 13.5. The molecule has 0 spiro atoms. The van der Waals surface area contributed by atoms with E-state index in [1.807, 2.05) is 0 Å². The molecular weight excluding hydrogens is 376 g/mol. The number of benzene rings is 1. The standard InChI is InChI=1S/C16H12F4N2O3S/c17-11-4-9(3-10(6-11)16(18,19)20)15(24)22-2-1-8-5-12(14(23)21-25)26-13(8)7-22/h3-6,25H,1-2,7H2,(H,21,23). The van der Waals surface area contributed by atoms with Gasteiger partial charge in [-0.15, -0.1) is 11.3 Å². The summed E-state index contributed by atoms with van der Waals surface area (Å²) >= 11 is 1.07. The van der Waals surface area contributed by atoms with Gasteiger partial charge < -0.3 is 4.90 Å². The van der Waals surface area contributed by atoms with E-state index in [-0.39, 0.29) is 23.5 Å². The van der Waals surface area contributed by atoms with Gasteiger partial charge in [0.1, 0.15) is 5.82 Å². The number of halogens is 4. The van der Waals surface area contributed by atoms with Gasteiger partial charge >= 0.3 is 6.18 Å². The number of hydroxylamine groups is 1. The van der Waals surface area contributed by atoms with E-state index < -0.39 is 29.4 Å². The lowest BCUT2D eigenvalue weighted by Gasteiger charge is -2.27. The third-order valence-corrected chi connectivity index (χ3v) is 5.13. The van der Waals surface area contributed by atoms with Gasteiger partial charge in [0.05, 0.1) is 17.0 Å². The summed E-state index contributed by atoms with van der Waals surface area (Å²) in [4.78, 5) is 26.2. The second kappa shape index (κ2) is 6.69. The number of hydrogen-bond donors (Lipinski definition) is 2. The smallest absolute Gasteiger partial charge is 0.333 e. The Balaban J connectivity index is 1.85. The van der Waals surface area contributed by atoms with Crippen LogP contribution in [0.15, 0.2) is 24.3 Å². The fourth-order valence-electron chi connectivity index (χ4n) is 2.72. The quantitative estimate of drug-likeness (QED) is 0.472. The van der Waals surface area contributed by atoms with Crippen molar-refractivity contribution in [2.75, 3.05) is 6.54 Å². The Morgan fingerprint density at radius 3 is 2.58 bits per heavy atom. The van der Waals surface area contributed by atoms with E-state index in [4.69, 9.17) is 5.21 Å². The summed E-state index contributed by atoms with van der Waals surface area (Å²) in [5.74, 6) is -2.54. The molecule has 1 aromatic heterocycles. The lowest BCUT2D eigenvalue weighted by molar-refractivity contribution is -0.137. The Labute approximate surface area is 148 Å². The Morgan fingerprint density at radius 1 is 1.19 bits per heavy atom. The van der Waals surface area contributed by atoms with Gasteiger partial charge in [-0.3, -0.25) is 14.8 Å². The van der Waals surface area contributed by atoms with Gasteiger partial charge in [0.25, 0.3) is 11.8 Å². The summed E-state index contributed by atoms with van der Waals surface area (Å²) in [5, 5.41) is 8.67. The molecular formula is C16H12F4N2O3S. The normalized spacial score (nSPS) is 14.1. The molecule has 3 rings (SSSR count). The highest BCUT2D eigenvalue weighted by atomic mass is 32.1. The summed E-state index contributed by atoms with van der Waals surface area (Å²) < 4.78 is 52.0. The molecule has 2 heterocycles. The molecule has 0 unspecified atom stereocenters. The van der Waals surface area contributed by atoms with Crippen LogP contribution in [0, 0.1) is 5.82 Å². The van der Waals surface area contributed by atoms with Crippen molar-refractivity contribution in [1.82, 2.24) is 10.4 Å². The number of carbonyl (C=O) groups excluding carboxylic acids is 2. The molecule has 0 bridgehead atoms. The van der Waals surface area contributed by atoms with Gasteiger partial charge in [-0.25, -0.2) is 9.87 Å². The van der Waals surface area contributed by atoms with Crippen molar-refractivity contribution < 1.29 is 32.4 Å². The molecule has 0 saturated carbocycles. The number of carbonyl (C=O) groups is 2. The van der Waals surface area contributed by atoms with Crippen LogP contribution >= 0.6 is 11.3 Å². The topological polar surface area (TPSA) is 69.6 Å². The van der Waals surface area contributed by atoms with Crippen LogP contribution in [0.1, 0.15) is 36.0 Å². The van der Waals surface area contributed by atoms with Gasteiger partial charge in [-0.1, -0.05) is 0 Å². The van der Waals surface area contributed by atoms with Crippen molar-refractivity contribution in [3.63, 3.8) is 0 Å². The van der Waals surface area contributed by atoms with E-state index in [2.05, 4.69) is 0 Å². The lowest BCUT2D eigenvalue weighted by Crippen LogP contribution is -2.35. The molecule has 0 aliphatic carbocycles. The van der Waals surface area contributed by atoms with Crippen molar-refractivity contribution in [3.05, 3.63) is 56.5 Å². The Bertz CT molecular complexity index is 879. The summed E-state index contributed by atoms with van der Waals surface area (Å²) in [6, 6.07) is 3.33. The SMILES string of the molecule is O=C(NO)c1cc2c(s1)CN(C(=O)c1cc(F)cc(C(F)(F)F)c1)CC2. The molecule has 138 valence electrons. The predicted octanol–water partition coefficient (Wildman–Crippen LogP) is 3.22. The Hall–Kier alpha value is -2.46. The molecule has 0 fully saturated rings. The molecule has 0 atom stereocenters. The summed E-state index contributed by atoms with van der Waals surface area (Å²) in [6.07, 6.45) is -4.36. The Morgan fingerprint density at radius 2 is 1.92 bits per heavy atom. The van der Waals surface area contributed by atoms with Crippen molar-refractivity contribution in [3.8, 4) is 0 Å². The summed E-state index contributed by atoms with van der Waals surface area (Å²) in [6.45, 7) is 0.315. The number of hydrogen-bond acceptors (Lipinski definition) is 4. The van der Waals surface area contributed by atoms with E-state index in [1.165, 1.54) is 10.4 Å². The van der Waals surface area contributed by atoms with Crippen LogP contribution in [-0.2, 0) is 19.1 Å². The average Bonchev–Trinajstić information content (AvgIpc) is 3.02. The molecule has 0 radical (unpaired) electrons. The van der Waals surface area contributed by atoms with Crippen molar-refractivity contribution in [2.45, 2.75) is 19.1 Å². The number of thiophene rings is 1. The Kier molecular flexibility index (Phi) is 4.72. The summed E-state index contributed by atoms with van der Waals surface area (Å²) in [7, 11) is 0. The van der Waals surface area contributed by atoms with Gasteiger partial charge in [-0.2, -0.15) is 13.2 Å². The number of nitrogens with zero attached hydrogens (tertiary/aromatic N) is 1. The number of alkyl halides is 3. The fraction of sp³-hybridized carbons (Fsp3) is 0.250. The molecule has 2 aromatic rings. The maximum absolute atomic E-state index is 13.5. The van der Waals surface area contributed by atoms with E-state index in [0.717, 1.165) is 23.0 Å². The van der Waals surface area contributed by atoms with Crippen LogP contribution in [0.5, 0.6) is 0 Å². The molecule has 1 aliphatic heterocycles. The molecule has 0 saturated heterocycles. The van der Waals surface area contributed by atoms with Crippen LogP contribution in [0.25, 0.3) is 0 Å². The molecule has 1 aromatic carbocycles. The fourth-order valence-corrected chi connectivity index (χ4v) is 3.84. The zero-order valence-electron chi connectivity index (χ0n) is 13.1. The first kappa shape index (κ1) is 18.3. The second-order valence-electron chi connectivity index (χ2n) is 5.70. The van der Waals surface area contributed by atoms with Gasteiger partial charge in [0.2, 0.25) is 0 Å². The van der Waals surface area contributed by atoms with Gasteiger partial charge in [-0.05, 0) is 36.2 Å². The molecule has 1 aliphatic rings. The average molecular weight is 388 g/mol.